The Balaban J connectivity index is 1.56. The molecule has 1 N–H and O–H groups in total. The van der Waals surface area contributed by atoms with E-state index < -0.39 is 21.9 Å². The highest BCUT2D eigenvalue weighted by Gasteiger charge is 2.28. The Morgan fingerprint density at radius 3 is 2.47 bits per heavy atom. The summed E-state index contributed by atoms with van der Waals surface area (Å²) >= 11 is 0. The summed E-state index contributed by atoms with van der Waals surface area (Å²) < 4.78 is 35.5. The Morgan fingerprint density at radius 2 is 1.79 bits per heavy atom. The number of ether oxygens (including phenoxy) is 1. The van der Waals surface area contributed by atoms with Gasteiger partial charge in [0, 0.05) is 29.9 Å². The number of Topliss-reactive ketones (excluding diaryl/α,β-unsaturated/α-hetero) is 1. The molecule has 1 aromatic heterocycles. The molecule has 0 radical (unpaired) electrons. The van der Waals surface area contributed by atoms with Crippen molar-refractivity contribution in [2.45, 2.75) is 42.6 Å². The number of sulfone groups is 1. The predicted molar refractivity (Wildman–Crippen MR) is 140 cm³/mol. The van der Waals surface area contributed by atoms with Gasteiger partial charge in [-0.2, -0.15) is 0 Å². The fourth-order valence-electron chi connectivity index (χ4n) is 4.74. The summed E-state index contributed by atoms with van der Waals surface area (Å²) in [5.74, 6) is -1.12. The summed E-state index contributed by atoms with van der Waals surface area (Å²) in [6, 6.07) is 18.2. The number of imidazole rings is 1. The molecule has 1 aliphatic rings. The SMILES string of the molecule is O=C(O)c1ccc(S(=O)(=O)Cc2c(O[C@H](Cn3ccnc3)c3ccccc3)ccc3c2CCCC3=O)cc1. The maximum absolute atomic E-state index is 13.5. The van der Waals surface area contributed by atoms with Crippen molar-refractivity contribution in [1.82, 2.24) is 9.55 Å². The van der Waals surface area contributed by atoms with Crippen molar-refractivity contribution in [2.75, 3.05) is 0 Å². The maximum Gasteiger partial charge on any atom is 0.335 e. The van der Waals surface area contributed by atoms with Gasteiger partial charge in [-0.05, 0) is 60.4 Å². The van der Waals surface area contributed by atoms with Gasteiger partial charge in [0.25, 0.3) is 0 Å². The topological polar surface area (TPSA) is 116 Å². The van der Waals surface area contributed by atoms with Gasteiger partial charge in [0.1, 0.15) is 11.9 Å². The third kappa shape index (κ3) is 5.38. The second-order valence-corrected chi connectivity index (χ2v) is 11.2. The maximum atomic E-state index is 13.5. The summed E-state index contributed by atoms with van der Waals surface area (Å²) in [6.07, 6.45) is 6.38. The number of hydrogen-bond acceptors (Lipinski definition) is 6. The smallest absolute Gasteiger partial charge is 0.335 e. The van der Waals surface area contributed by atoms with Crippen molar-refractivity contribution in [2.24, 2.45) is 0 Å². The molecule has 0 bridgehead atoms. The number of ketones is 1. The largest absolute Gasteiger partial charge is 0.484 e. The molecule has 0 fully saturated rings. The van der Waals surface area contributed by atoms with Crippen LogP contribution in [0.3, 0.4) is 0 Å². The van der Waals surface area contributed by atoms with Gasteiger partial charge < -0.3 is 14.4 Å². The zero-order valence-corrected chi connectivity index (χ0v) is 21.3. The monoisotopic (exact) mass is 530 g/mol. The molecule has 0 unspecified atom stereocenters. The van der Waals surface area contributed by atoms with Crippen LogP contribution < -0.4 is 4.74 Å². The second-order valence-electron chi connectivity index (χ2n) is 9.21. The number of carbonyl (C=O) groups excluding carboxylic acids is 1. The first-order valence-corrected chi connectivity index (χ1v) is 13.9. The molecule has 8 nitrogen and oxygen atoms in total. The van der Waals surface area contributed by atoms with Crippen LogP contribution in [-0.4, -0.2) is 34.8 Å². The molecule has 0 saturated heterocycles. The molecule has 1 heterocycles. The Hall–Kier alpha value is -4.24. The number of carboxylic acid groups (broad SMARTS) is 1. The van der Waals surface area contributed by atoms with Gasteiger partial charge in [0.15, 0.2) is 15.6 Å². The number of carboxylic acids is 1. The summed E-state index contributed by atoms with van der Waals surface area (Å²) in [7, 11) is -3.88. The highest BCUT2D eigenvalue weighted by Crippen LogP contribution is 2.36. The molecule has 0 amide bonds. The van der Waals surface area contributed by atoms with E-state index in [1.165, 1.54) is 24.3 Å². The molecule has 3 aromatic carbocycles. The Morgan fingerprint density at radius 1 is 1.03 bits per heavy atom. The standard InChI is InChI=1S/C29H26N2O6S/c32-26-8-4-7-23-24(26)13-14-27(25(23)18-38(35,36)22-11-9-21(10-12-22)29(33)34)37-28(17-31-16-15-30-19-31)20-5-2-1-3-6-20/h1-3,5-6,9-16,19,28H,4,7-8,17-18H2,(H,33,34)/t28-/m1/s1. The molecule has 0 spiro atoms. The van der Waals surface area contributed by atoms with Crippen LogP contribution in [0.15, 0.2) is 90.3 Å². The third-order valence-electron chi connectivity index (χ3n) is 6.69. The van der Waals surface area contributed by atoms with Crippen molar-refractivity contribution in [3.8, 4) is 5.75 Å². The van der Waals surface area contributed by atoms with Crippen LogP contribution in [0.2, 0.25) is 0 Å². The van der Waals surface area contributed by atoms with Crippen LogP contribution in [0, 0.1) is 0 Å². The van der Waals surface area contributed by atoms with E-state index in [0.717, 1.165) is 5.56 Å². The van der Waals surface area contributed by atoms with Crippen LogP contribution in [-0.2, 0) is 28.6 Å². The number of nitrogens with zero attached hydrogens (tertiary/aromatic N) is 2. The van der Waals surface area contributed by atoms with E-state index in [1.54, 1.807) is 24.7 Å². The van der Waals surface area contributed by atoms with Gasteiger partial charge in [-0.3, -0.25) is 4.79 Å². The van der Waals surface area contributed by atoms with Gasteiger partial charge in [-0.15, -0.1) is 0 Å². The summed E-state index contributed by atoms with van der Waals surface area (Å²) in [5.41, 5.74) is 2.60. The first-order chi connectivity index (χ1) is 18.3. The molecule has 1 atom stereocenters. The van der Waals surface area contributed by atoms with Crippen molar-refractivity contribution in [3.05, 3.63) is 113 Å². The van der Waals surface area contributed by atoms with Crippen molar-refractivity contribution < 1.29 is 27.9 Å². The van der Waals surface area contributed by atoms with E-state index in [4.69, 9.17) is 4.74 Å². The lowest BCUT2D eigenvalue weighted by atomic mass is 9.87. The quantitative estimate of drug-likeness (QED) is 0.327. The fourth-order valence-corrected chi connectivity index (χ4v) is 6.16. The lowest BCUT2D eigenvalue weighted by Gasteiger charge is -2.25. The molecule has 38 heavy (non-hydrogen) atoms. The minimum absolute atomic E-state index is 0.000800. The minimum Gasteiger partial charge on any atom is -0.484 e. The molecule has 0 saturated carbocycles. The molecule has 194 valence electrons. The first-order valence-electron chi connectivity index (χ1n) is 12.2. The Kier molecular flexibility index (Phi) is 7.11. The van der Waals surface area contributed by atoms with E-state index in [0.29, 0.717) is 48.2 Å². The van der Waals surface area contributed by atoms with Gasteiger partial charge >= 0.3 is 5.97 Å². The van der Waals surface area contributed by atoms with Gasteiger partial charge in [-0.1, -0.05) is 30.3 Å². The molecule has 5 rings (SSSR count). The third-order valence-corrected chi connectivity index (χ3v) is 8.35. The van der Waals surface area contributed by atoms with Crippen molar-refractivity contribution in [3.63, 3.8) is 0 Å². The number of carbonyl (C=O) groups is 2. The Bertz CT molecular complexity index is 1560. The number of rotatable bonds is 9. The van der Waals surface area contributed by atoms with Gasteiger partial charge in [0.05, 0.1) is 29.1 Å². The van der Waals surface area contributed by atoms with E-state index in [1.807, 2.05) is 41.1 Å². The van der Waals surface area contributed by atoms with Crippen LogP contribution in [0.5, 0.6) is 5.75 Å². The predicted octanol–water partition coefficient (Wildman–Crippen LogP) is 4.89. The lowest BCUT2D eigenvalue weighted by molar-refractivity contribution is 0.0696. The molecular formula is C29H26N2O6S. The number of hydrogen-bond donors (Lipinski definition) is 1. The van der Waals surface area contributed by atoms with E-state index in [9.17, 15) is 23.1 Å². The molecule has 1 aliphatic carbocycles. The molecule has 4 aromatic rings. The number of fused-ring (bicyclic) bond motifs is 1. The zero-order valence-electron chi connectivity index (χ0n) is 20.5. The van der Waals surface area contributed by atoms with Crippen LogP contribution in [0.4, 0.5) is 0 Å². The average Bonchev–Trinajstić information content (AvgIpc) is 3.43. The Labute approximate surface area is 220 Å². The van der Waals surface area contributed by atoms with Crippen LogP contribution in [0.1, 0.15) is 56.4 Å². The summed E-state index contributed by atoms with van der Waals surface area (Å²) in [5, 5.41) is 9.17. The number of benzene rings is 3. The highest BCUT2D eigenvalue weighted by molar-refractivity contribution is 7.90. The van der Waals surface area contributed by atoms with Gasteiger partial charge in [0.2, 0.25) is 0 Å². The van der Waals surface area contributed by atoms with Crippen molar-refractivity contribution in [1.29, 1.82) is 0 Å². The van der Waals surface area contributed by atoms with Crippen LogP contribution >= 0.6 is 0 Å². The number of aromatic carboxylic acids is 1. The van der Waals surface area contributed by atoms with E-state index in [2.05, 4.69) is 4.98 Å². The zero-order chi connectivity index (χ0) is 26.7. The minimum atomic E-state index is -3.88. The first kappa shape index (κ1) is 25.4. The highest BCUT2D eigenvalue weighted by atomic mass is 32.2. The average molecular weight is 531 g/mol. The molecule has 9 heteroatoms. The van der Waals surface area contributed by atoms with E-state index in [-0.39, 0.29) is 22.0 Å². The second kappa shape index (κ2) is 10.6. The summed E-state index contributed by atoms with van der Waals surface area (Å²) in [4.78, 5) is 28.0. The van der Waals surface area contributed by atoms with E-state index >= 15 is 0 Å². The fraction of sp³-hybridized carbons (Fsp3) is 0.207. The summed E-state index contributed by atoms with van der Waals surface area (Å²) in [6.45, 7) is 0.447. The molecular weight excluding hydrogens is 504 g/mol. The van der Waals surface area contributed by atoms with Crippen molar-refractivity contribution >= 4 is 21.6 Å². The molecule has 0 aliphatic heterocycles. The lowest BCUT2D eigenvalue weighted by Crippen LogP contribution is -2.19. The normalized spacial score (nSPS) is 14.1. The van der Waals surface area contributed by atoms with Crippen LogP contribution in [0.25, 0.3) is 0 Å². The number of aromatic nitrogens is 2. The van der Waals surface area contributed by atoms with Gasteiger partial charge in [-0.25, -0.2) is 18.2 Å².